The van der Waals surface area contributed by atoms with Crippen molar-refractivity contribution in [1.82, 2.24) is 19.9 Å². The van der Waals surface area contributed by atoms with Crippen molar-refractivity contribution in [2.24, 2.45) is 0 Å². The second-order valence-corrected chi connectivity index (χ2v) is 7.42. The molecule has 0 aliphatic carbocycles. The lowest BCUT2D eigenvalue weighted by molar-refractivity contribution is 0.581. The molecular weight excluding hydrogens is 367 g/mol. The largest absolute Gasteiger partial charge is 0.263 e. The fourth-order valence-corrected chi connectivity index (χ4v) is 3.49. The van der Waals surface area contributed by atoms with Gasteiger partial charge in [-0.15, -0.1) is 0 Å². The van der Waals surface area contributed by atoms with Crippen LogP contribution >= 0.6 is 11.6 Å². The van der Waals surface area contributed by atoms with Crippen LogP contribution in [-0.2, 0) is 16.4 Å². The Labute approximate surface area is 149 Å². The molecule has 0 amide bonds. The van der Waals surface area contributed by atoms with Gasteiger partial charge in [0.1, 0.15) is 11.6 Å². The van der Waals surface area contributed by atoms with Crippen molar-refractivity contribution < 1.29 is 12.8 Å². The van der Waals surface area contributed by atoms with Crippen LogP contribution < -0.4 is 4.72 Å². The first-order chi connectivity index (χ1) is 11.9. The second-order valence-electron chi connectivity index (χ2n) is 5.22. The molecule has 3 aromatic rings. The summed E-state index contributed by atoms with van der Waals surface area (Å²) in [5.41, 5.74) is 0.670. The number of benzene rings is 2. The minimum atomic E-state index is -3.64. The van der Waals surface area contributed by atoms with Crippen LogP contribution in [0.15, 0.2) is 53.4 Å². The normalized spacial score (nSPS) is 11.6. The van der Waals surface area contributed by atoms with Crippen LogP contribution in [0, 0.1) is 5.82 Å². The zero-order valence-electron chi connectivity index (χ0n) is 12.9. The molecule has 0 bridgehead atoms. The van der Waals surface area contributed by atoms with Gasteiger partial charge in [-0.1, -0.05) is 17.7 Å². The maximum atomic E-state index is 12.9. The number of nitrogens with zero attached hydrogens (tertiary/aromatic N) is 2. The summed E-state index contributed by atoms with van der Waals surface area (Å²) in [6.45, 7) is 0.146. The summed E-state index contributed by atoms with van der Waals surface area (Å²) >= 11 is 5.81. The number of nitrogens with one attached hydrogen (secondary N) is 2. The Kier molecular flexibility index (Phi) is 5.12. The van der Waals surface area contributed by atoms with Gasteiger partial charge in [0.25, 0.3) is 0 Å². The van der Waals surface area contributed by atoms with Crippen LogP contribution in [0.4, 0.5) is 4.39 Å². The van der Waals surface area contributed by atoms with Crippen molar-refractivity contribution in [1.29, 1.82) is 0 Å². The lowest BCUT2D eigenvalue weighted by atomic mass is 10.2. The van der Waals surface area contributed by atoms with Gasteiger partial charge in [-0.05, 0) is 42.5 Å². The minimum absolute atomic E-state index is 0.101. The summed E-state index contributed by atoms with van der Waals surface area (Å²) < 4.78 is 39.8. The number of sulfonamides is 1. The highest BCUT2D eigenvalue weighted by Gasteiger charge is 2.14. The highest BCUT2D eigenvalue weighted by Crippen LogP contribution is 2.16. The lowest BCUT2D eigenvalue weighted by Crippen LogP contribution is -2.26. The number of halogens is 2. The molecule has 6 nitrogen and oxygen atoms in total. The van der Waals surface area contributed by atoms with Gasteiger partial charge in [-0.25, -0.2) is 22.5 Å². The van der Waals surface area contributed by atoms with E-state index in [1.807, 2.05) is 0 Å². The van der Waals surface area contributed by atoms with E-state index in [4.69, 9.17) is 11.6 Å². The molecule has 130 valence electrons. The Hall–Kier alpha value is -2.29. The van der Waals surface area contributed by atoms with E-state index in [0.29, 0.717) is 28.7 Å². The van der Waals surface area contributed by atoms with Gasteiger partial charge >= 0.3 is 0 Å². The van der Waals surface area contributed by atoms with Crippen LogP contribution in [0.25, 0.3) is 11.4 Å². The number of H-pyrrole nitrogens is 1. The van der Waals surface area contributed by atoms with Crippen molar-refractivity contribution in [3.8, 4) is 11.4 Å². The van der Waals surface area contributed by atoms with Crippen LogP contribution in [-0.4, -0.2) is 30.1 Å². The van der Waals surface area contributed by atoms with Crippen molar-refractivity contribution >= 4 is 21.6 Å². The molecule has 0 saturated heterocycles. The van der Waals surface area contributed by atoms with Gasteiger partial charge in [0, 0.05) is 23.6 Å². The maximum absolute atomic E-state index is 12.9. The fraction of sp³-hybridized carbons (Fsp3) is 0.125. The van der Waals surface area contributed by atoms with Gasteiger partial charge in [-0.2, -0.15) is 5.10 Å². The molecule has 0 spiro atoms. The van der Waals surface area contributed by atoms with Crippen LogP contribution in [0.3, 0.4) is 0 Å². The predicted molar refractivity (Wildman–Crippen MR) is 92.1 cm³/mol. The van der Waals surface area contributed by atoms with Crippen LogP contribution in [0.2, 0.25) is 5.02 Å². The van der Waals surface area contributed by atoms with E-state index in [1.54, 1.807) is 24.3 Å². The zero-order valence-corrected chi connectivity index (χ0v) is 14.5. The molecular formula is C16H14ClFN4O2S. The third kappa shape index (κ3) is 4.41. The number of aromatic nitrogens is 3. The van der Waals surface area contributed by atoms with E-state index >= 15 is 0 Å². The van der Waals surface area contributed by atoms with E-state index < -0.39 is 10.0 Å². The number of aromatic amines is 1. The lowest BCUT2D eigenvalue weighted by Gasteiger charge is -2.05. The Morgan fingerprint density at radius 1 is 1.16 bits per heavy atom. The van der Waals surface area contributed by atoms with E-state index in [9.17, 15) is 12.8 Å². The summed E-state index contributed by atoms with van der Waals surface area (Å²) in [7, 11) is -3.64. The fourth-order valence-electron chi connectivity index (χ4n) is 2.16. The van der Waals surface area contributed by atoms with Crippen molar-refractivity contribution in [3.05, 3.63) is 65.2 Å². The molecule has 0 aliphatic heterocycles. The molecule has 2 aromatic carbocycles. The Morgan fingerprint density at radius 3 is 2.64 bits per heavy atom. The second kappa shape index (κ2) is 7.30. The van der Waals surface area contributed by atoms with Gasteiger partial charge < -0.3 is 0 Å². The van der Waals surface area contributed by atoms with Crippen molar-refractivity contribution in [2.45, 2.75) is 11.3 Å². The topological polar surface area (TPSA) is 87.7 Å². The molecule has 3 rings (SSSR count). The maximum Gasteiger partial charge on any atom is 0.240 e. The predicted octanol–water partition coefficient (Wildman–Crippen LogP) is 2.79. The standard InChI is InChI=1S/C16H14ClFN4O2S/c17-12-2-1-3-14(10-12)25(23,24)19-9-8-15-20-16(22-21-15)11-4-6-13(18)7-5-11/h1-7,10,19H,8-9H2,(H,20,21,22). The Bertz CT molecular complexity index is 974. The van der Waals surface area contributed by atoms with E-state index in [0.717, 1.165) is 0 Å². The first kappa shape index (κ1) is 17.5. The Morgan fingerprint density at radius 2 is 1.92 bits per heavy atom. The SMILES string of the molecule is O=S(=O)(NCCc1nc(-c2ccc(F)cc2)n[nH]1)c1cccc(Cl)c1. The first-order valence-electron chi connectivity index (χ1n) is 7.36. The number of rotatable bonds is 6. The average molecular weight is 381 g/mol. The molecule has 0 saturated carbocycles. The molecule has 0 radical (unpaired) electrons. The number of hydrogen-bond acceptors (Lipinski definition) is 4. The highest BCUT2D eigenvalue weighted by molar-refractivity contribution is 7.89. The molecule has 25 heavy (non-hydrogen) atoms. The minimum Gasteiger partial charge on any atom is -0.263 e. The number of hydrogen-bond donors (Lipinski definition) is 2. The summed E-state index contributed by atoms with van der Waals surface area (Å²) in [4.78, 5) is 4.37. The molecule has 2 N–H and O–H groups in total. The van der Waals surface area contributed by atoms with Crippen LogP contribution in [0.1, 0.15) is 5.82 Å². The first-order valence-corrected chi connectivity index (χ1v) is 9.22. The van der Waals surface area contributed by atoms with Gasteiger partial charge in [0.05, 0.1) is 4.90 Å². The van der Waals surface area contributed by atoms with Crippen molar-refractivity contribution in [2.75, 3.05) is 6.54 Å². The van der Waals surface area contributed by atoms with Crippen molar-refractivity contribution in [3.63, 3.8) is 0 Å². The summed E-state index contributed by atoms with van der Waals surface area (Å²) in [6, 6.07) is 11.8. The van der Waals surface area contributed by atoms with E-state index in [1.165, 1.54) is 24.3 Å². The molecule has 0 unspecified atom stereocenters. The molecule has 1 aromatic heterocycles. The molecule has 9 heteroatoms. The quantitative estimate of drug-likeness (QED) is 0.688. The summed E-state index contributed by atoms with van der Waals surface area (Å²) in [5, 5.41) is 7.14. The molecule has 0 aliphatic rings. The highest BCUT2D eigenvalue weighted by atomic mass is 35.5. The third-order valence-corrected chi connectivity index (χ3v) is 5.09. The molecule has 0 fully saturated rings. The van der Waals surface area contributed by atoms with Gasteiger partial charge in [0.2, 0.25) is 10.0 Å². The summed E-state index contributed by atoms with van der Waals surface area (Å²) in [6.07, 6.45) is 0.327. The zero-order chi connectivity index (χ0) is 17.9. The monoisotopic (exact) mass is 380 g/mol. The van der Waals surface area contributed by atoms with Gasteiger partial charge in [0.15, 0.2) is 5.82 Å². The van der Waals surface area contributed by atoms with E-state index in [-0.39, 0.29) is 17.3 Å². The summed E-state index contributed by atoms with van der Waals surface area (Å²) in [5.74, 6) is 0.607. The average Bonchev–Trinajstić information content (AvgIpc) is 3.04. The van der Waals surface area contributed by atoms with E-state index in [2.05, 4.69) is 19.9 Å². The van der Waals surface area contributed by atoms with Crippen LogP contribution in [0.5, 0.6) is 0 Å². The Balaban J connectivity index is 1.62. The third-order valence-electron chi connectivity index (χ3n) is 3.39. The van der Waals surface area contributed by atoms with Gasteiger partial charge in [-0.3, -0.25) is 5.10 Å². The molecule has 1 heterocycles. The smallest absolute Gasteiger partial charge is 0.240 e. The molecule has 0 atom stereocenters.